The fourth-order valence-corrected chi connectivity index (χ4v) is 4.09. The molecule has 2 unspecified atom stereocenters. The Hall–Kier alpha value is -0.930. The molecule has 0 aromatic carbocycles. The summed E-state index contributed by atoms with van der Waals surface area (Å²) < 4.78 is 5.96. The van der Waals surface area contributed by atoms with Crippen molar-refractivity contribution >= 4 is 0 Å². The molecule has 0 saturated heterocycles. The second-order valence-corrected chi connectivity index (χ2v) is 6.20. The van der Waals surface area contributed by atoms with Gasteiger partial charge in [-0.2, -0.15) is 0 Å². The molecular weight excluding hydrogens is 248 g/mol. The fourth-order valence-electron chi connectivity index (χ4n) is 4.09. The molecule has 0 amide bonds. The van der Waals surface area contributed by atoms with E-state index in [1.54, 1.807) is 0 Å². The van der Waals surface area contributed by atoms with Gasteiger partial charge in [0.05, 0.1) is 6.10 Å². The van der Waals surface area contributed by atoms with E-state index in [1.807, 2.05) is 12.3 Å². The van der Waals surface area contributed by atoms with Gasteiger partial charge in [0.1, 0.15) is 0 Å². The third-order valence-electron chi connectivity index (χ3n) is 5.19. The number of nitrogens with one attached hydrogen (secondary N) is 1. The lowest BCUT2D eigenvalue weighted by Gasteiger charge is -2.54. The average molecular weight is 274 g/mol. The van der Waals surface area contributed by atoms with Crippen LogP contribution in [0.5, 0.6) is 0 Å². The molecule has 2 saturated carbocycles. The molecule has 2 atom stereocenters. The van der Waals surface area contributed by atoms with Crippen LogP contribution in [0.15, 0.2) is 24.4 Å². The molecule has 2 fully saturated rings. The highest BCUT2D eigenvalue weighted by Gasteiger charge is 2.56. The van der Waals surface area contributed by atoms with E-state index < -0.39 is 0 Å². The number of nitrogens with zero attached hydrogens (tertiary/aromatic N) is 1. The number of aromatic nitrogens is 1. The molecule has 1 heterocycles. The molecule has 0 radical (unpaired) electrons. The maximum absolute atomic E-state index is 5.96. The summed E-state index contributed by atoms with van der Waals surface area (Å²) in [5, 5.41) is 3.77. The molecule has 0 bridgehead atoms. The van der Waals surface area contributed by atoms with Crippen molar-refractivity contribution in [3.8, 4) is 0 Å². The normalized spacial score (nSPS) is 27.6. The van der Waals surface area contributed by atoms with Crippen LogP contribution < -0.4 is 5.32 Å². The Balaban J connectivity index is 1.51. The quantitative estimate of drug-likeness (QED) is 0.866. The van der Waals surface area contributed by atoms with Crippen LogP contribution >= 0.6 is 0 Å². The highest BCUT2D eigenvalue weighted by Crippen LogP contribution is 2.54. The van der Waals surface area contributed by atoms with Gasteiger partial charge in [-0.05, 0) is 38.3 Å². The van der Waals surface area contributed by atoms with E-state index in [2.05, 4.69) is 29.4 Å². The largest absolute Gasteiger partial charge is 0.378 e. The maximum Gasteiger partial charge on any atom is 0.0661 e. The Bertz CT molecular complexity index is 414. The molecule has 1 aromatic rings. The van der Waals surface area contributed by atoms with Crippen LogP contribution in [0.1, 0.15) is 44.7 Å². The van der Waals surface area contributed by atoms with E-state index in [4.69, 9.17) is 4.74 Å². The van der Waals surface area contributed by atoms with Gasteiger partial charge >= 0.3 is 0 Å². The first-order valence-electron chi connectivity index (χ1n) is 8.10. The van der Waals surface area contributed by atoms with E-state index in [0.29, 0.717) is 17.6 Å². The zero-order valence-electron chi connectivity index (χ0n) is 12.5. The molecular formula is C17H26N2O. The van der Waals surface area contributed by atoms with Crippen LogP contribution in [0.4, 0.5) is 0 Å². The third kappa shape index (κ3) is 2.61. The van der Waals surface area contributed by atoms with Crippen molar-refractivity contribution in [1.29, 1.82) is 0 Å². The molecule has 1 spiro atoms. The van der Waals surface area contributed by atoms with E-state index in [-0.39, 0.29) is 0 Å². The average Bonchev–Trinajstić information content (AvgIpc) is 2.99. The second kappa shape index (κ2) is 6.23. The van der Waals surface area contributed by atoms with Gasteiger partial charge in [0.15, 0.2) is 0 Å². The summed E-state index contributed by atoms with van der Waals surface area (Å²) in [6, 6.07) is 6.81. The Morgan fingerprint density at radius 3 is 2.90 bits per heavy atom. The van der Waals surface area contributed by atoms with E-state index >= 15 is 0 Å². The van der Waals surface area contributed by atoms with Gasteiger partial charge in [-0.1, -0.05) is 18.9 Å². The van der Waals surface area contributed by atoms with Gasteiger partial charge in [-0.15, -0.1) is 0 Å². The van der Waals surface area contributed by atoms with Crippen LogP contribution in [0, 0.1) is 5.41 Å². The topological polar surface area (TPSA) is 34.1 Å². The first-order valence-corrected chi connectivity index (χ1v) is 8.10. The Kier molecular flexibility index (Phi) is 4.37. The number of pyridine rings is 1. The van der Waals surface area contributed by atoms with Gasteiger partial charge in [0.2, 0.25) is 0 Å². The van der Waals surface area contributed by atoms with Crippen molar-refractivity contribution in [3.05, 3.63) is 30.1 Å². The standard InChI is InChI=1S/C17H26N2O/c1-2-20-16-13-15(17(16)9-4-5-10-17)19-12-8-14-7-3-6-11-18-14/h3,6-7,11,15-16,19H,2,4-5,8-10,12-13H2,1H3. The monoisotopic (exact) mass is 274 g/mol. The van der Waals surface area contributed by atoms with Crippen LogP contribution in [-0.4, -0.2) is 30.3 Å². The minimum absolute atomic E-state index is 0.445. The van der Waals surface area contributed by atoms with E-state index in [9.17, 15) is 0 Å². The molecule has 2 aliphatic carbocycles. The third-order valence-corrected chi connectivity index (χ3v) is 5.19. The highest BCUT2D eigenvalue weighted by atomic mass is 16.5. The van der Waals surface area contributed by atoms with Gasteiger partial charge in [0, 0.05) is 42.9 Å². The summed E-state index contributed by atoms with van der Waals surface area (Å²) in [5.41, 5.74) is 1.63. The first kappa shape index (κ1) is 14.0. The summed E-state index contributed by atoms with van der Waals surface area (Å²) in [7, 11) is 0. The number of rotatable bonds is 6. The van der Waals surface area contributed by atoms with Crippen LogP contribution in [-0.2, 0) is 11.2 Å². The predicted octanol–water partition coefficient (Wildman–Crippen LogP) is 2.95. The van der Waals surface area contributed by atoms with Crippen LogP contribution in [0.3, 0.4) is 0 Å². The van der Waals surface area contributed by atoms with Gasteiger partial charge in [-0.25, -0.2) is 0 Å². The van der Waals surface area contributed by atoms with Crippen molar-refractivity contribution in [2.75, 3.05) is 13.2 Å². The Morgan fingerprint density at radius 2 is 2.20 bits per heavy atom. The van der Waals surface area contributed by atoms with Gasteiger partial charge in [0.25, 0.3) is 0 Å². The number of hydrogen-bond donors (Lipinski definition) is 1. The van der Waals surface area contributed by atoms with Crippen molar-refractivity contribution < 1.29 is 4.74 Å². The van der Waals surface area contributed by atoms with Gasteiger partial charge < -0.3 is 10.1 Å². The van der Waals surface area contributed by atoms with Crippen LogP contribution in [0.25, 0.3) is 0 Å². The highest BCUT2D eigenvalue weighted by molar-refractivity contribution is 5.10. The minimum Gasteiger partial charge on any atom is -0.378 e. The van der Waals surface area contributed by atoms with E-state index in [0.717, 1.165) is 19.6 Å². The molecule has 20 heavy (non-hydrogen) atoms. The molecule has 3 nitrogen and oxygen atoms in total. The zero-order valence-corrected chi connectivity index (χ0v) is 12.5. The van der Waals surface area contributed by atoms with Crippen molar-refractivity contribution in [2.24, 2.45) is 5.41 Å². The predicted molar refractivity (Wildman–Crippen MR) is 80.7 cm³/mol. The van der Waals surface area contributed by atoms with Gasteiger partial charge in [-0.3, -0.25) is 4.98 Å². The molecule has 2 aliphatic rings. The Morgan fingerprint density at radius 1 is 1.35 bits per heavy atom. The molecule has 1 aromatic heterocycles. The lowest BCUT2D eigenvalue weighted by molar-refractivity contribution is -0.130. The zero-order chi connectivity index (χ0) is 13.8. The van der Waals surface area contributed by atoms with Crippen LogP contribution in [0.2, 0.25) is 0 Å². The first-order chi connectivity index (χ1) is 9.85. The fraction of sp³-hybridized carbons (Fsp3) is 0.706. The minimum atomic E-state index is 0.445. The van der Waals surface area contributed by atoms with E-state index in [1.165, 1.54) is 37.8 Å². The summed E-state index contributed by atoms with van der Waals surface area (Å²) in [6.07, 6.45) is 10.0. The smallest absolute Gasteiger partial charge is 0.0661 e. The van der Waals surface area contributed by atoms with Crippen molar-refractivity contribution in [3.63, 3.8) is 0 Å². The molecule has 1 N–H and O–H groups in total. The Labute approximate surface area is 122 Å². The lowest BCUT2D eigenvalue weighted by atomic mass is 9.60. The maximum atomic E-state index is 5.96. The molecule has 3 rings (SSSR count). The summed E-state index contributed by atoms with van der Waals surface area (Å²) in [6.45, 7) is 4.00. The number of ether oxygens (including phenoxy) is 1. The SMILES string of the molecule is CCOC1CC(NCCc2ccccn2)C12CCCC2. The summed E-state index contributed by atoms with van der Waals surface area (Å²) in [5.74, 6) is 0. The lowest BCUT2D eigenvalue weighted by Crippen LogP contribution is -2.62. The molecule has 110 valence electrons. The summed E-state index contributed by atoms with van der Waals surface area (Å²) in [4.78, 5) is 4.39. The van der Waals surface area contributed by atoms with Crippen molar-refractivity contribution in [2.45, 2.75) is 57.6 Å². The summed E-state index contributed by atoms with van der Waals surface area (Å²) >= 11 is 0. The molecule has 3 heteroatoms. The van der Waals surface area contributed by atoms with Crippen molar-refractivity contribution in [1.82, 2.24) is 10.3 Å². The number of hydrogen-bond acceptors (Lipinski definition) is 3. The second-order valence-electron chi connectivity index (χ2n) is 6.20. The molecule has 0 aliphatic heterocycles.